The average molecular weight is 801 g/mol. The van der Waals surface area contributed by atoms with E-state index in [1.165, 1.54) is 193 Å². The van der Waals surface area contributed by atoms with Crippen molar-refractivity contribution >= 4 is 14.3 Å². The first-order valence-electron chi connectivity index (χ1n) is 24.9. The molecule has 0 unspecified atom stereocenters. The maximum Gasteiger partial charge on any atom is 0.101 e. The second kappa shape index (κ2) is 41.5. The van der Waals surface area contributed by atoms with E-state index in [2.05, 4.69) is 32.6 Å². The molecule has 2 N–H and O–H groups in total. The van der Waals surface area contributed by atoms with Crippen LogP contribution in [0.3, 0.4) is 0 Å². The normalized spacial score (nSPS) is 12.4. The highest BCUT2D eigenvalue weighted by Gasteiger charge is 2.30. The summed E-state index contributed by atoms with van der Waals surface area (Å²) in [5.41, 5.74) is 5.85. The monoisotopic (exact) mass is 801 g/mol. The number of unbranched alkanes of at least 4 members (excludes halogenated alkanes) is 31. The smallest absolute Gasteiger partial charge is 0.101 e. The van der Waals surface area contributed by atoms with Crippen molar-refractivity contribution in [2.75, 3.05) is 50.3 Å². The van der Waals surface area contributed by atoms with Crippen molar-refractivity contribution in [3.8, 4) is 0 Å². The Morgan fingerprint density at radius 3 is 0.796 bits per heavy atom. The van der Waals surface area contributed by atoms with Gasteiger partial charge in [-0.3, -0.25) is 4.90 Å². The lowest BCUT2D eigenvalue weighted by molar-refractivity contribution is 0.342. The summed E-state index contributed by atoms with van der Waals surface area (Å²) in [4.78, 5) is 2.52. The van der Waals surface area contributed by atoms with Crippen LogP contribution in [0.2, 0.25) is 0 Å². The molecule has 0 aromatic heterocycles. The molecule has 0 radical (unpaired) electrons. The maximum absolute atomic E-state index is 15.1. The number of nitrogens with two attached hydrogens (primary N) is 1. The second-order valence-electron chi connectivity index (χ2n) is 17.8. The van der Waals surface area contributed by atoms with E-state index in [1.807, 2.05) is 0 Å². The lowest BCUT2D eigenvalue weighted by Gasteiger charge is -2.32. The fraction of sp³-hybridized carbons (Fsp3) is 1.00. The van der Waals surface area contributed by atoms with Crippen molar-refractivity contribution in [3.63, 3.8) is 0 Å². The van der Waals surface area contributed by atoms with Crippen LogP contribution in [0.1, 0.15) is 259 Å². The molecule has 0 bridgehead atoms. The van der Waals surface area contributed by atoms with Gasteiger partial charge in [0.1, 0.15) is 14.3 Å². The second-order valence-corrected chi connectivity index (χ2v) is 24.4. The third-order valence-corrected chi connectivity index (χ3v) is 18.4. The Morgan fingerprint density at radius 1 is 0.315 bits per heavy atom. The molecule has 0 aliphatic carbocycles. The van der Waals surface area contributed by atoms with Gasteiger partial charge in [0.2, 0.25) is 0 Å². The molecule has 0 rings (SSSR count). The fourth-order valence-electron chi connectivity index (χ4n) is 8.39. The molecular formula is C48H102N2O2P2. The van der Waals surface area contributed by atoms with E-state index in [-0.39, 0.29) is 0 Å². The minimum atomic E-state index is -2.37. The Kier molecular flexibility index (Phi) is 41.8. The van der Waals surface area contributed by atoms with Gasteiger partial charge in [-0.15, -0.1) is 0 Å². The molecule has 0 aromatic carbocycles. The molecule has 0 aromatic rings. The minimum Gasteiger partial charge on any atom is -0.330 e. The summed E-state index contributed by atoms with van der Waals surface area (Å²) in [6.07, 6.45) is 51.0. The van der Waals surface area contributed by atoms with Crippen molar-refractivity contribution in [2.45, 2.75) is 259 Å². The van der Waals surface area contributed by atoms with Crippen LogP contribution in [0.25, 0.3) is 0 Å². The van der Waals surface area contributed by atoms with Gasteiger partial charge in [0.15, 0.2) is 0 Å². The molecule has 0 aliphatic rings. The highest BCUT2D eigenvalue weighted by atomic mass is 31.2. The summed E-state index contributed by atoms with van der Waals surface area (Å²) >= 11 is 0. The molecule has 6 heteroatoms. The summed E-state index contributed by atoms with van der Waals surface area (Å²) in [6.45, 7) is 10.9. The molecule has 0 atom stereocenters. The van der Waals surface area contributed by atoms with E-state index in [0.717, 1.165) is 88.8 Å². The zero-order chi connectivity index (χ0) is 39.7. The lowest BCUT2D eigenvalue weighted by Crippen LogP contribution is -2.30. The first-order chi connectivity index (χ1) is 26.4. The summed E-state index contributed by atoms with van der Waals surface area (Å²) in [6, 6.07) is 0. The van der Waals surface area contributed by atoms with Gasteiger partial charge < -0.3 is 14.9 Å². The van der Waals surface area contributed by atoms with Crippen LogP contribution in [0.5, 0.6) is 0 Å². The zero-order valence-corrected chi connectivity index (χ0v) is 39.6. The van der Waals surface area contributed by atoms with Crippen molar-refractivity contribution in [1.82, 2.24) is 4.90 Å². The third kappa shape index (κ3) is 36.7. The zero-order valence-electron chi connectivity index (χ0n) is 37.8. The summed E-state index contributed by atoms with van der Waals surface area (Å²) < 4.78 is 30.1. The van der Waals surface area contributed by atoms with Crippen molar-refractivity contribution < 1.29 is 9.13 Å². The van der Waals surface area contributed by atoms with Gasteiger partial charge >= 0.3 is 0 Å². The van der Waals surface area contributed by atoms with Crippen LogP contribution in [0.15, 0.2) is 0 Å². The van der Waals surface area contributed by atoms with Crippen LogP contribution in [-0.4, -0.2) is 55.2 Å². The Hall–Kier alpha value is 0.380. The van der Waals surface area contributed by atoms with E-state index < -0.39 is 14.3 Å². The SMILES string of the molecule is CCCCCCCCCCP(=O)(CCCCCCCCCC)CN(CCCCCCN)CP(=O)(CCCCCCCCCC)CCCCCCCCCC. The molecule has 4 nitrogen and oxygen atoms in total. The topological polar surface area (TPSA) is 63.4 Å². The van der Waals surface area contributed by atoms with E-state index in [1.54, 1.807) is 0 Å². The van der Waals surface area contributed by atoms with Crippen molar-refractivity contribution in [3.05, 3.63) is 0 Å². The lowest BCUT2D eigenvalue weighted by atomic mass is 10.1. The molecule has 0 fully saturated rings. The Bertz CT molecular complexity index is 730. The molecule has 0 heterocycles. The summed E-state index contributed by atoms with van der Waals surface area (Å²) in [5.74, 6) is 0. The summed E-state index contributed by atoms with van der Waals surface area (Å²) in [5, 5.41) is 0. The Balaban J connectivity index is 5.70. The molecule has 0 saturated heterocycles. The van der Waals surface area contributed by atoms with Gasteiger partial charge in [-0.1, -0.05) is 220 Å². The van der Waals surface area contributed by atoms with Crippen LogP contribution >= 0.6 is 14.3 Å². The number of hydrogen-bond donors (Lipinski definition) is 1. The molecule has 0 saturated carbocycles. The van der Waals surface area contributed by atoms with Crippen molar-refractivity contribution in [1.29, 1.82) is 0 Å². The molecule has 0 amide bonds. The first kappa shape index (κ1) is 54.4. The largest absolute Gasteiger partial charge is 0.330 e. The first-order valence-corrected chi connectivity index (χ1v) is 29.5. The van der Waals surface area contributed by atoms with Gasteiger partial charge in [-0.05, 0) is 51.6 Å². The summed E-state index contributed by atoms with van der Waals surface area (Å²) in [7, 11) is -4.74. The highest BCUT2D eigenvalue weighted by molar-refractivity contribution is 7.64. The van der Waals surface area contributed by atoms with E-state index in [9.17, 15) is 0 Å². The third-order valence-electron chi connectivity index (χ3n) is 12.0. The predicted molar refractivity (Wildman–Crippen MR) is 249 cm³/mol. The Labute approximate surface area is 342 Å². The number of nitrogens with zero attached hydrogens (tertiary/aromatic N) is 1. The van der Waals surface area contributed by atoms with Gasteiger partial charge in [-0.2, -0.15) is 0 Å². The predicted octanol–water partition coefficient (Wildman–Crippen LogP) is 17.0. The molecule has 326 valence electrons. The van der Waals surface area contributed by atoms with E-state index >= 15 is 9.13 Å². The van der Waals surface area contributed by atoms with E-state index in [4.69, 9.17) is 5.73 Å². The molecular weight excluding hydrogens is 698 g/mol. The molecule has 54 heavy (non-hydrogen) atoms. The van der Waals surface area contributed by atoms with Gasteiger partial charge in [0.05, 0.1) is 12.6 Å². The minimum absolute atomic E-state index is 0.718. The standard InChI is InChI=1S/C48H102N2O2P2/c1-5-9-13-17-21-25-31-37-43-53(51,44-38-32-26-22-18-14-10-6-2)47-50(42-36-30-29-35-41-49)48-54(52,45-39-33-27-23-19-15-11-7-3)46-40-34-28-24-20-16-12-8-4/h5-49H2,1-4H3. The van der Waals surface area contributed by atoms with Gasteiger partial charge in [0, 0.05) is 24.6 Å². The van der Waals surface area contributed by atoms with Crippen LogP contribution < -0.4 is 5.73 Å². The van der Waals surface area contributed by atoms with E-state index in [0.29, 0.717) is 0 Å². The quantitative estimate of drug-likeness (QED) is 0.0492. The maximum atomic E-state index is 15.1. The fourth-order valence-corrected chi connectivity index (χ4v) is 14.7. The van der Waals surface area contributed by atoms with Gasteiger partial charge in [0.25, 0.3) is 0 Å². The Morgan fingerprint density at radius 2 is 0.537 bits per heavy atom. The van der Waals surface area contributed by atoms with Crippen LogP contribution in [0.4, 0.5) is 0 Å². The van der Waals surface area contributed by atoms with Crippen LogP contribution in [-0.2, 0) is 9.13 Å². The highest BCUT2D eigenvalue weighted by Crippen LogP contribution is 2.53. The number of hydrogen-bond acceptors (Lipinski definition) is 4. The number of rotatable bonds is 46. The average Bonchev–Trinajstić information content (AvgIpc) is 3.16. The van der Waals surface area contributed by atoms with Crippen LogP contribution in [0, 0.1) is 0 Å². The van der Waals surface area contributed by atoms with Crippen molar-refractivity contribution in [2.24, 2.45) is 5.73 Å². The molecule has 0 aliphatic heterocycles. The molecule has 0 spiro atoms. The van der Waals surface area contributed by atoms with Gasteiger partial charge in [-0.25, -0.2) is 0 Å².